The molecule has 2 aromatic carbocycles. The molecule has 148 valence electrons. The van der Waals surface area contributed by atoms with Crippen LogP contribution in [-0.2, 0) is 11.2 Å². The van der Waals surface area contributed by atoms with E-state index < -0.39 is 0 Å². The normalized spacial score (nSPS) is 19.4. The summed E-state index contributed by atoms with van der Waals surface area (Å²) < 4.78 is 0.821. The monoisotopic (exact) mass is 444 g/mol. The molecule has 0 spiro atoms. The van der Waals surface area contributed by atoms with E-state index in [9.17, 15) is 9.90 Å². The lowest BCUT2D eigenvalue weighted by atomic mass is 9.97. The third kappa shape index (κ3) is 5.41. The fourth-order valence-corrected chi connectivity index (χ4v) is 3.56. The first-order valence-corrected chi connectivity index (χ1v) is 10.1. The molecule has 0 saturated carbocycles. The quantitative estimate of drug-likeness (QED) is 0.406. The van der Waals surface area contributed by atoms with Crippen molar-refractivity contribution < 1.29 is 9.90 Å². The standard InChI is InChI=1S/C21H25BrN4O2/c1-13(2)9-14-3-5-15(6-4-14)18-11-19(25-24-18)21(28)26-23-12-16-10-17(22)7-8-20(16)27/h3-8,10,12-13,18-19,24-25,27H,9,11H2,1-2H3,(H,26,28)/b23-12+. The zero-order chi connectivity index (χ0) is 20.1. The SMILES string of the molecule is CC(C)Cc1ccc(C2CC(C(=O)N/N=C/c3cc(Br)ccc3O)NN2)cc1. The van der Waals surface area contributed by atoms with Crippen LogP contribution in [0, 0.1) is 5.92 Å². The Labute approximate surface area is 173 Å². The lowest BCUT2D eigenvalue weighted by Crippen LogP contribution is -2.41. The van der Waals surface area contributed by atoms with Crippen molar-refractivity contribution in [2.45, 2.75) is 38.8 Å². The first-order chi connectivity index (χ1) is 13.4. The molecule has 7 heteroatoms. The second kappa shape index (κ2) is 9.32. The van der Waals surface area contributed by atoms with E-state index in [0.29, 0.717) is 17.9 Å². The number of benzene rings is 2. The minimum atomic E-state index is -0.381. The molecule has 0 bridgehead atoms. The number of hydrogen-bond donors (Lipinski definition) is 4. The maximum atomic E-state index is 12.3. The summed E-state index contributed by atoms with van der Waals surface area (Å²) in [7, 11) is 0. The summed E-state index contributed by atoms with van der Waals surface area (Å²) in [5, 5.41) is 13.7. The molecule has 2 unspecified atom stereocenters. The average Bonchev–Trinajstić information content (AvgIpc) is 3.15. The molecule has 2 aromatic rings. The van der Waals surface area contributed by atoms with E-state index >= 15 is 0 Å². The number of halogens is 1. The minimum absolute atomic E-state index is 0.0713. The Morgan fingerprint density at radius 1 is 1.29 bits per heavy atom. The van der Waals surface area contributed by atoms with Crippen LogP contribution >= 0.6 is 15.9 Å². The number of amides is 1. The van der Waals surface area contributed by atoms with Crippen LogP contribution < -0.4 is 16.3 Å². The Morgan fingerprint density at radius 3 is 2.75 bits per heavy atom. The van der Waals surface area contributed by atoms with Crippen molar-refractivity contribution in [3.05, 3.63) is 63.6 Å². The first-order valence-electron chi connectivity index (χ1n) is 9.33. The van der Waals surface area contributed by atoms with Gasteiger partial charge in [0, 0.05) is 16.1 Å². The average molecular weight is 445 g/mol. The third-order valence-corrected chi connectivity index (χ3v) is 5.11. The predicted octanol–water partition coefficient (Wildman–Crippen LogP) is 3.41. The summed E-state index contributed by atoms with van der Waals surface area (Å²) in [6.45, 7) is 4.42. The highest BCUT2D eigenvalue weighted by Gasteiger charge is 2.30. The lowest BCUT2D eigenvalue weighted by molar-refractivity contribution is -0.122. The Morgan fingerprint density at radius 2 is 2.04 bits per heavy atom. The van der Waals surface area contributed by atoms with Gasteiger partial charge in [-0.3, -0.25) is 4.79 Å². The van der Waals surface area contributed by atoms with Gasteiger partial charge in [-0.25, -0.2) is 16.3 Å². The molecule has 2 atom stereocenters. The highest BCUT2D eigenvalue weighted by atomic mass is 79.9. The summed E-state index contributed by atoms with van der Waals surface area (Å²) in [4.78, 5) is 12.3. The minimum Gasteiger partial charge on any atom is -0.507 e. The molecule has 1 fully saturated rings. The molecular weight excluding hydrogens is 420 g/mol. The summed E-state index contributed by atoms with van der Waals surface area (Å²) in [6, 6.07) is 13.2. The molecule has 1 heterocycles. The molecule has 1 amide bonds. The van der Waals surface area contributed by atoms with Crippen LogP contribution in [0.2, 0.25) is 0 Å². The highest BCUT2D eigenvalue weighted by Crippen LogP contribution is 2.23. The number of hydrogen-bond acceptors (Lipinski definition) is 5. The molecule has 6 nitrogen and oxygen atoms in total. The van der Waals surface area contributed by atoms with E-state index in [1.807, 2.05) is 0 Å². The Kier molecular flexibility index (Phi) is 6.83. The first kappa shape index (κ1) is 20.5. The predicted molar refractivity (Wildman–Crippen MR) is 114 cm³/mol. The molecule has 4 N–H and O–H groups in total. The van der Waals surface area contributed by atoms with Gasteiger partial charge in [0.25, 0.3) is 5.91 Å². The maximum absolute atomic E-state index is 12.3. The fourth-order valence-electron chi connectivity index (χ4n) is 3.18. The lowest BCUT2D eigenvalue weighted by Gasteiger charge is -2.11. The second-order valence-corrected chi connectivity index (χ2v) is 8.32. The Hall–Kier alpha value is -2.22. The number of hydrazone groups is 1. The topological polar surface area (TPSA) is 85.8 Å². The number of hydrazine groups is 1. The van der Waals surface area contributed by atoms with Gasteiger partial charge in [-0.15, -0.1) is 0 Å². The van der Waals surface area contributed by atoms with E-state index in [4.69, 9.17) is 0 Å². The molecule has 0 aromatic heterocycles. The zero-order valence-corrected chi connectivity index (χ0v) is 17.5. The number of phenolic OH excluding ortho intramolecular Hbond substituents is 1. The largest absolute Gasteiger partial charge is 0.507 e. The Bertz CT molecular complexity index is 852. The van der Waals surface area contributed by atoms with Crippen molar-refractivity contribution in [1.29, 1.82) is 0 Å². The van der Waals surface area contributed by atoms with Gasteiger partial charge >= 0.3 is 0 Å². The van der Waals surface area contributed by atoms with Crippen LogP contribution in [0.5, 0.6) is 5.75 Å². The van der Waals surface area contributed by atoms with Gasteiger partial charge < -0.3 is 5.11 Å². The van der Waals surface area contributed by atoms with Gasteiger partial charge in [0.2, 0.25) is 0 Å². The van der Waals surface area contributed by atoms with Gasteiger partial charge in [-0.1, -0.05) is 54.0 Å². The second-order valence-electron chi connectivity index (χ2n) is 7.41. The number of carbonyl (C=O) groups excluding carboxylic acids is 1. The van der Waals surface area contributed by atoms with Crippen molar-refractivity contribution >= 4 is 28.1 Å². The van der Waals surface area contributed by atoms with E-state index in [1.165, 1.54) is 11.8 Å². The van der Waals surface area contributed by atoms with Crippen LogP contribution in [0.25, 0.3) is 0 Å². The van der Waals surface area contributed by atoms with E-state index in [2.05, 4.69) is 75.4 Å². The summed E-state index contributed by atoms with van der Waals surface area (Å²) >= 11 is 3.34. The summed E-state index contributed by atoms with van der Waals surface area (Å²) in [6.07, 6.45) is 3.12. The van der Waals surface area contributed by atoms with Crippen LogP contribution in [0.15, 0.2) is 52.0 Å². The zero-order valence-electron chi connectivity index (χ0n) is 15.9. The van der Waals surface area contributed by atoms with Crippen LogP contribution in [0.4, 0.5) is 0 Å². The van der Waals surface area contributed by atoms with Gasteiger partial charge in [0.1, 0.15) is 11.8 Å². The van der Waals surface area contributed by atoms with Crippen molar-refractivity contribution in [2.24, 2.45) is 11.0 Å². The molecule has 3 rings (SSSR count). The molecule has 1 aliphatic rings. The van der Waals surface area contributed by atoms with Crippen molar-refractivity contribution in [3.8, 4) is 5.75 Å². The smallest absolute Gasteiger partial charge is 0.258 e. The highest BCUT2D eigenvalue weighted by molar-refractivity contribution is 9.10. The summed E-state index contributed by atoms with van der Waals surface area (Å²) in [5.74, 6) is 0.504. The number of carbonyl (C=O) groups is 1. The van der Waals surface area contributed by atoms with Gasteiger partial charge in [0.15, 0.2) is 0 Å². The number of aromatic hydroxyl groups is 1. The number of phenols is 1. The third-order valence-electron chi connectivity index (χ3n) is 4.61. The van der Waals surface area contributed by atoms with Crippen molar-refractivity contribution in [1.82, 2.24) is 16.3 Å². The molecule has 1 aliphatic heterocycles. The molecule has 0 aliphatic carbocycles. The van der Waals surface area contributed by atoms with E-state index in [1.54, 1.807) is 18.2 Å². The Balaban J connectivity index is 1.54. The van der Waals surface area contributed by atoms with Crippen LogP contribution in [0.1, 0.15) is 43.0 Å². The fraction of sp³-hybridized carbons (Fsp3) is 0.333. The summed E-state index contributed by atoms with van der Waals surface area (Å²) in [5.41, 5.74) is 11.7. The van der Waals surface area contributed by atoms with Gasteiger partial charge in [0.05, 0.1) is 6.21 Å². The van der Waals surface area contributed by atoms with Crippen LogP contribution in [0.3, 0.4) is 0 Å². The van der Waals surface area contributed by atoms with Gasteiger partial charge in [-0.05, 0) is 48.1 Å². The number of nitrogens with zero attached hydrogens (tertiary/aromatic N) is 1. The van der Waals surface area contributed by atoms with Crippen molar-refractivity contribution in [3.63, 3.8) is 0 Å². The van der Waals surface area contributed by atoms with Crippen LogP contribution in [-0.4, -0.2) is 23.3 Å². The van der Waals surface area contributed by atoms with Crippen molar-refractivity contribution in [2.75, 3.05) is 0 Å². The van der Waals surface area contributed by atoms with E-state index in [-0.39, 0.29) is 23.7 Å². The maximum Gasteiger partial charge on any atom is 0.258 e. The number of rotatable bonds is 6. The molecule has 1 saturated heterocycles. The van der Waals surface area contributed by atoms with Gasteiger partial charge in [-0.2, -0.15) is 5.10 Å². The molecular formula is C21H25BrN4O2. The molecule has 0 radical (unpaired) electrons. The number of nitrogens with one attached hydrogen (secondary N) is 3. The van der Waals surface area contributed by atoms with E-state index in [0.717, 1.165) is 16.5 Å². The molecule has 28 heavy (non-hydrogen) atoms.